The summed E-state index contributed by atoms with van der Waals surface area (Å²) in [6.45, 7) is 4.96. The van der Waals surface area contributed by atoms with E-state index in [4.69, 9.17) is 0 Å². The third kappa shape index (κ3) is 5.04. The fraction of sp³-hybridized carbons (Fsp3) is 0.412. The number of aliphatic hydroxyl groups is 1. The van der Waals surface area contributed by atoms with Gasteiger partial charge in [-0.15, -0.1) is 0 Å². The fourth-order valence-electron chi connectivity index (χ4n) is 2.22. The number of hydrogen-bond acceptors (Lipinski definition) is 5. The van der Waals surface area contributed by atoms with Gasteiger partial charge in [0.2, 0.25) is 5.95 Å². The summed E-state index contributed by atoms with van der Waals surface area (Å²) < 4.78 is 52.6. The van der Waals surface area contributed by atoms with Gasteiger partial charge in [0.05, 0.1) is 12.6 Å². The molecule has 0 spiro atoms. The van der Waals surface area contributed by atoms with Crippen molar-refractivity contribution in [3.63, 3.8) is 0 Å². The Morgan fingerprint density at radius 2 is 1.85 bits per heavy atom. The van der Waals surface area contributed by atoms with Crippen LogP contribution in [-0.4, -0.2) is 27.7 Å². The number of anilines is 3. The van der Waals surface area contributed by atoms with Gasteiger partial charge in [0.25, 0.3) is 0 Å². The van der Waals surface area contributed by atoms with Crippen molar-refractivity contribution in [1.29, 1.82) is 0 Å². The quantitative estimate of drug-likeness (QED) is 0.666. The topological polar surface area (TPSA) is 70.1 Å². The normalized spacial score (nSPS) is 13.0. The van der Waals surface area contributed by atoms with Gasteiger partial charge in [0, 0.05) is 11.8 Å². The fourth-order valence-corrected chi connectivity index (χ4v) is 2.22. The molecule has 0 aliphatic rings. The van der Waals surface area contributed by atoms with E-state index in [1.54, 1.807) is 6.92 Å². The van der Waals surface area contributed by atoms with Gasteiger partial charge in [-0.05, 0) is 36.6 Å². The molecule has 26 heavy (non-hydrogen) atoms. The van der Waals surface area contributed by atoms with Crippen molar-refractivity contribution < 1.29 is 22.7 Å². The van der Waals surface area contributed by atoms with Gasteiger partial charge in [0.1, 0.15) is 11.6 Å². The number of rotatable bonds is 6. The average molecular weight is 372 g/mol. The summed E-state index contributed by atoms with van der Waals surface area (Å²) in [7, 11) is 0. The lowest BCUT2D eigenvalue weighted by Gasteiger charge is -2.21. The van der Waals surface area contributed by atoms with Crippen LogP contribution in [0.4, 0.5) is 35.0 Å². The summed E-state index contributed by atoms with van der Waals surface area (Å²) in [5, 5.41) is 14.8. The van der Waals surface area contributed by atoms with Crippen LogP contribution in [0, 0.1) is 18.7 Å². The zero-order valence-corrected chi connectivity index (χ0v) is 14.5. The first-order valence-electron chi connectivity index (χ1n) is 7.97. The van der Waals surface area contributed by atoms with Crippen LogP contribution in [0.25, 0.3) is 0 Å². The van der Waals surface area contributed by atoms with Gasteiger partial charge in [-0.25, -0.2) is 9.37 Å². The maximum Gasteiger partial charge on any atom is 0.433 e. The lowest BCUT2D eigenvalue weighted by Crippen LogP contribution is -2.30. The van der Waals surface area contributed by atoms with E-state index >= 15 is 0 Å². The largest absolute Gasteiger partial charge is 0.433 e. The smallest absolute Gasteiger partial charge is 0.394 e. The lowest BCUT2D eigenvalue weighted by atomic mass is 10.1. The predicted molar refractivity (Wildman–Crippen MR) is 90.8 cm³/mol. The van der Waals surface area contributed by atoms with E-state index in [9.17, 15) is 22.7 Å². The third-order valence-electron chi connectivity index (χ3n) is 3.78. The number of hydrogen-bond donors (Lipinski definition) is 3. The Kier molecular flexibility index (Phi) is 6.01. The number of aryl methyl sites for hydroxylation is 1. The number of alkyl halides is 3. The van der Waals surface area contributed by atoms with Crippen molar-refractivity contribution >= 4 is 17.5 Å². The summed E-state index contributed by atoms with van der Waals surface area (Å²) in [6.07, 6.45) is -4.67. The summed E-state index contributed by atoms with van der Waals surface area (Å²) in [6, 6.07) is 4.14. The van der Waals surface area contributed by atoms with Gasteiger partial charge < -0.3 is 15.7 Å². The van der Waals surface area contributed by atoms with Crippen molar-refractivity contribution in [2.45, 2.75) is 33.0 Å². The van der Waals surface area contributed by atoms with Crippen LogP contribution in [0.5, 0.6) is 0 Å². The molecule has 0 saturated heterocycles. The van der Waals surface area contributed by atoms with E-state index in [0.717, 1.165) is 6.07 Å². The van der Waals surface area contributed by atoms with Crippen molar-refractivity contribution in [3.05, 3.63) is 41.3 Å². The molecule has 1 aromatic carbocycles. The summed E-state index contributed by atoms with van der Waals surface area (Å²) in [5.41, 5.74) is -0.188. The van der Waals surface area contributed by atoms with Crippen LogP contribution in [-0.2, 0) is 6.18 Å². The summed E-state index contributed by atoms with van der Waals surface area (Å²) in [5.74, 6) is -0.842. The highest BCUT2D eigenvalue weighted by Crippen LogP contribution is 2.31. The molecule has 1 heterocycles. The molecule has 1 aromatic heterocycles. The Morgan fingerprint density at radius 3 is 2.38 bits per heavy atom. The van der Waals surface area contributed by atoms with Gasteiger partial charge in [-0.3, -0.25) is 0 Å². The number of halogens is 4. The molecule has 0 bridgehead atoms. The minimum Gasteiger partial charge on any atom is -0.394 e. The second-order valence-corrected chi connectivity index (χ2v) is 6.22. The summed E-state index contributed by atoms with van der Waals surface area (Å²) in [4.78, 5) is 7.53. The van der Waals surface area contributed by atoms with E-state index in [1.807, 2.05) is 13.8 Å². The van der Waals surface area contributed by atoms with Crippen LogP contribution >= 0.6 is 0 Å². The van der Waals surface area contributed by atoms with E-state index in [0.29, 0.717) is 11.3 Å². The number of nitrogens with zero attached hydrogens (tertiary/aromatic N) is 2. The van der Waals surface area contributed by atoms with Crippen LogP contribution < -0.4 is 10.6 Å². The van der Waals surface area contributed by atoms with Crippen molar-refractivity contribution in [3.8, 4) is 0 Å². The Balaban J connectivity index is 2.39. The van der Waals surface area contributed by atoms with Gasteiger partial charge >= 0.3 is 6.18 Å². The Morgan fingerprint density at radius 1 is 1.15 bits per heavy atom. The zero-order valence-electron chi connectivity index (χ0n) is 14.5. The molecular formula is C17H20F4N4O. The highest BCUT2D eigenvalue weighted by Gasteiger charge is 2.34. The Hall–Kier alpha value is -2.42. The van der Waals surface area contributed by atoms with Crippen LogP contribution in [0.15, 0.2) is 24.3 Å². The average Bonchev–Trinajstić information content (AvgIpc) is 2.54. The van der Waals surface area contributed by atoms with E-state index < -0.39 is 23.7 Å². The number of benzene rings is 1. The summed E-state index contributed by atoms with van der Waals surface area (Å²) >= 11 is 0. The lowest BCUT2D eigenvalue weighted by molar-refractivity contribution is -0.141. The minimum absolute atomic E-state index is 0.0473. The second-order valence-electron chi connectivity index (χ2n) is 6.22. The van der Waals surface area contributed by atoms with Gasteiger partial charge in [0.15, 0.2) is 5.69 Å². The highest BCUT2D eigenvalue weighted by molar-refractivity contribution is 5.61. The molecular weight excluding hydrogens is 352 g/mol. The molecule has 3 N–H and O–H groups in total. The minimum atomic E-state index is -4.67. The Labute approximate surface area is 148 Å². The maximum atomic E-state index is 13.2. The number of nitrogens with one attached hydrogen (secondary N) is 2. The number of aliphatic hydroxyl groups excluding tert-OH is 1. The van der Waals surface area contributed by atoms with E-state index in [-0.39, 0.29) is 24.3 Å². The van der Waals surface area contributed by atoms with Gasteiger partial charge in [-0.1, -0.05) is 13.8 Å². The second kappa shape index (κ2) is 7.86. The molecule has 0 unspecified atom stereocenters. The predicted octanol–water partition coefficient (Wildman–Crippen LogP) is 4.12. The molecule has 9 heteroatoms. The van der Waals surface area contributed by atoms with Crippen LogP contribution in [0.1, 0.15) is 25.1 Å². The first-order valence-corrected chi connectivity index (χ1v) is 7.97. The first kappa shape index (κ1) is 19.9. The van der Waals surface area contributed by atoms with Crippen molar-refractivity contribution in [1.82, 2.24) is 9.97 Å². The molecule has 0 fully saturated rings. The molecule has 142 valence electrons. The molecule has 2 aromatic rings. The first-order chi connectivity index (χ1) is 12.1. The molecule has 0 aliphatic heterocycles. The molecule has 1 atom stereocenters. The molecule has 0 aliphatic carbocycles. The van der Waals surface area contributed by atoms with Crippen LogP contribution in [0.3, 0.4) is 0 Å². The SMILES string of the molecule is Cc1cc(F)ccc1Nc1cc(C(F)(F)F)nc(N[C@@H](CO)C(C)C)n1. The van der Waals surface area contributed by atoms with E-state index in [2.05, 4.69) is 20.6 Å². The molecule has 2 rings (SSSR count). The molecule has 0 amide bonds. The maximum absolute atomic E-state index is 13.2. The standard InChI is InChI=1S/C17H20F4N4O/c1-9(2)13(8-26)23-16-24-14(17(19,20)21)7-15(25-16)22-12-5-4-11(18)6-10(12)3/h4-7,9,13,26H,8H2,1-3H3,(H2,22,23,24,25)/t13-/m0/s1. The van der Waals surface area contributed by atoms with Gasteiger partial charge in [-0.2, -0.15) is 18.2 Å². The monoisotopic (exact) mass is 372 g/mol. The highest BCUT2D eigenvalue weighted by atomic mass is 19.4. The Bertz CT molecular complexity index is 765. The molecule has 5 nitrogen and oxygen atoms in total. The van der Waals surface area contributed by atoms with Crippen molar-refractivity contribution in [2.24, 2.45) is 5.92 Å². The molecule has 0 saturated carbocycles. The van der Waals surface area contributed by atoms with E-state index in [1.165, 1.54) is 18.2 Å². The van der Waals surface area contributed by atoms with Crippen LogP contribution in [0.2, 0.25) is 0 Å². The zero-order chi connectivity index (χ0) is 19.5. The number of aromatic nitrogens is 2. The molecule has 0 radical (unpaired) electrons. The van der Waals surface area contributed by atoms with Crippen molar-refractivity contribution in [2.75, 3.05) is 17.2 Å². The third-order valence-corrected chi connectivity index (χ3v) is 3.78.